The lowest BCUT2D eigenvalue weighted by molar-refractivity contribution is -0.148. The van der Waals surface area contributed by atoms with Crippen molar-refractivity contribution in [3.63, 3.8) is 0 Å². The number of rotatable bonds is 9. The van der Waals surface area contributed by atoms with E-state index in [9.17, 15) is 9.59 Å². The Labute approximate surface area is 215 Å². The van der Waals surface area contributed by atoms with Crippen molar-refractivity contribution in [3.8, 4) is 5.75 Å². The van der Waals surface area contributed by atoms with Crippen molar-refractivity contribution in [2.24, 2.45) is 0 Å². The summed E-state index contributed by atoms with van der Waals surface area (Å²) < 4.78 is 5.11. The molecule has 1 aromatic rings. The van der Waals surface area contributed by atoms with E-state index in [2.05, 4.69) is 5.32 Å². The van der Waals surface area contributed by atoms with Gasteiger partial charge in [0.05, 0.1) is 7.11 Å². The van der Waals surface area contributed by atoms with Gasteiger partial charge in [-0.2, -0.15) is 11.8 Å². The van der Waals surface area contributed by atoms with E-state index in [0.717, 1.165) is 30.0 Å². The predicted octanol–water partition coefficient (Wildman–Crippen LogP) is 5.64. The first-order valence-electron chi connectivity index (χ1n) is 13.6. The SMILES string of the molecule is C1CCC(NC2CCCCC2)CC1.COc1ccc(CSCCC(=O)N2CCC[C@H]2C(=O)O)cc1. The number of nitrogens with one attached hydrogen (secondary N) is 1. The van der Waals surface area contributed by atoms with Gasteiger partial charge in [0, 0.05) is 36.6 Å². The van der Waals surface area contributed by atoms with Gasteiger partial charge in [-0.3, -0.25) is 4.79 Å². The zero-order valence-corrected chi connectivity index (χ0v) is 22.2. The summed E-state index contributed by atoms with van der Waals surface area (Å²) in [5.41, 5.74) is 1.18. The van der Waals surface area contributed by atoms with Crippen molar-refractivity contribution < 1.29 is 19.4 Å². The third-order valence-electron chi connectivity index (χ3n) is 7.43. The Morgan fingerprint density at radius 1 is 0.943 bits per heavy atom. The fourth-order valence-electron chi connectivity index (χ4n) is 5.41. The lowest BCUT2D eigenvalue weighted by Crippen LogP contribution is -2.40. The van der Waals surface area contributed by atoms with E-state index in [-0.39, 0.29) is 5.91 Å². The maximum Gasteiger partial charge on any atom is 0.326 e. The highest BCUT2D eigenvalue weighted by Crippen LogP contribution is 2.23. The van der Waals surface area contributed by atoms with Crippen LogP contribution in [0.25, 0.3) is 0 Å². The Morgan fingerprint density at radius 3 is 2.09 bits per heavy atom. The van der Waals surface area contributed by atoms with E-state index in [4.69, 9.17) is 9.84 Å². The van der Waals surface area contributed by atoms with Crippen LogP contribution in [0.5, 0.6) is 5.75 Å². The van der Waals surface area contributed by atoms with Gasteiger partial charge in [-0.1, -0.05) is 50.7 Å². The third-order valence-corrected chi connectivity index (χ3v) is 8.46. The Hall–Kier alpha value is -1.73. The van der Waals surface area contributed by atoms with E-state index in [1.807, 2.05) is 24.3 Å². The van der Waals surface area contributed by atoms with Crippen molar-refractivity contribution in [2.45, 2.75) is 107 Å². The summed E-state index contributed by atoms with van der Waals surface area (Å²) in [4.78, 5) is 24.7. The number of ether oxygens (including phenoxy) is 1. The molecule has 2 aliphatic carbocycles. The Morgan fingerprint density at radius 2 is 1.54 bits per heavy atom. The molecule has 0 radical (unpaired) electrons. The highest BCUT2D eigenvalue weighted by Gasteiger charge is 2.33. The van der Waals surface area contributed by atoms with Crippen molar-refractivity contribution in [2.75, 3.05) is 19.4 Å². The van der Waals surface area contributed by atoms with Gasteiger partial charge in [-0.15, -0.1) is 0 Å². The molecule has 0 unspecified atom stereocenters. The van der Waals surface area contributed by atoms with Gasteiger partial charge in [0.1, 0.15) is 11.8 Å². The lowest BCUT2D eigenvalue weighted by atomic mass is 9.91. The molecule has 4 rings (SSSR count). The fourth-order valence-corrected chi connectivity index (χ4v) is 6.30. The number of hydrogen-bond acceptors (Lipinski definition) is 5. The molecule has 2 saturated carbocycles. The van der Waals surface area contributed by atoms with Crippen molar-refractivity contribution in [3.05, 3.63) is 29.8 Å². The molecule has 1 aliphatic heterocycles. The molecule has 7 heteroatoms. The van der Waals surface area contributed by atoms with Crippen LogP contribution in [-0.4, -0.2) is 59.4 Å². The van der Waals surface area contributed by atoms with E-state index >= 15 is 0 Å². The largest absolute Gasteiger partial charge is 0.497 e. The number of benzene rings is 1. The molecule has 1 heterocycles. The first-order valence-corrected chi connectivity index (χ1v) is 14.7. The quantitative estimate of drug-likeness (QED) is 0.424. The highest BCUT2D eigenvalue weighted by atomic mass is 32.2. The first-order chi connectivity index (χ1) is 17.1. The minimum absolute atomic E-state index is 0.0490. The molecule has 2 N–H and O–H groups in total. The number of thioether (sulfide) groups is 1. The van der Waals surface area contributed by atoms with Gasteiger partial charge >= 0.3 is 5.97 Å². The number of aliphatic carboxylic acids is 1. The summed E-state index contributed by atoms with van der Waals surface area (Å²) in [6, 6.07) is 8.97. The van der Waals surface area contributed by atoms with Crippen LogP contribution in [0.2, 0.25) is 0 Å². The summed E-state index contributed by atoms with van der Waals surface area (Å²) >= 11 is 1.68. The van der Waals surface area contributed by atoms with Gasteiger partial charge in [-0.25, -0.2) is 4.79 Å². The molecule has 1 aromatic carbocycles. The molecule has 0 spiro atoms. The van der Waals surface area contributed by atoms with Gasteiger partial charge in [0.2, 0.25) is 5.91 Å². The molecule has 0 aromatic heterocycles. The number of amides is 1. The van der Waals surface area contributed by atoms with Gasteiger partial charge in [-0.05, 0) is 56.2 Å². The number of carbonyl (C=O) groups is 2. The molecule has 1 saturated heterocycles. The molecule has 1 amide bonds. The average molecular weight is 505 g/mol. The van der Waals surface area contributed by atoms with Crippen LogP contribution in [-0.2, 0) is 15.3 Å². The number of carboxylic acids is 1. The van der Waals surface area contributed by atoms with Crippen LogP contribution < -0.4 is 10.1 Å². The first kappa shape index (κ1) is 27.9. The zero-order valence-electron chi connectivity index (χ0n) is 21.4. The van der Waals surface area contributed by atoms with Crippen molar-refractivity contribution in [1.82, 2.24) is 10.2 Å². The van der Waals surface area contributed by atoms with E-state index in [1.165, 1.54) is 74.7 Å². The summed E-state index contributed by atoms with van der Waals surface area (Å²) in [6.45, 7) is 0.568. The van der Waals surface area contributed by atoms with Crippen LogP contribution in [0, 0.1) is 0 Å². The van der Waals surface area contributed by atoms with E-state index in [1.54, 1.807) is 18.9 Å². The molecule has 196 valence electrons. The molecule has 35 heavy (non-hydrogen) atoms. The number of carboxylic acid groups (broad SMARTS) is 1. The molecule has 3 fully saturated rings. The summed E-state index contributed by atoms with van der Waals surface area (Å²) in [7, 11) is 1.64. The standard InChI is InChI=1S/C16H21NO4S.C12H23N/c1-21-13-6-4-12(5-7-13)11-22-10-8-15(18)17-9-2-3-14(17)16(19)20;1-3-7-11(8-4-1)13-12-9-5-2-6-10-12/h4-7,14H,2-3,8-11H2,1H3,(H,19,20);11-13H,1-10H2/t14-;/m0./s1. The van der Waals surface area contributed by atoms with Crippen LogP contribution in [0.4, 0.5) is 0 Å². The van der Waals surface area contributed by atoms with Crippen LogP contribution >= 0.6 is 11.8 Å². The second-order valence-corrected chi connectivity index (χ2v) is 11.2. The number of hydrogen-bond donors (Lipinski definition) is 2. The van der Waals surface area contributed by atoms with E-state index in [0.29, 0.717) is 25.1 Å². The van der Waals surface area contributed by atoms with E-state index < -0.39 is 12.0 Å². The zero-order chi connectivity index (χ0) is 24.9. The lowest BCUT2D eigenvalue weighted by Gasteiger charge is -2.30. The summed E-state index contributed by atoms with van der Waals surface area (Å²) in [5, 5.41) is 12.9. The second kappa shape index (κ2) is 15.4. The highest BCUT2D eigenvalue weighted by molar-refractivity contribution is 7.98. The van der Waals surface area contributed by atoms with Gasteiger partial charge in [0.15, 0.2) is 0 Å². The monoisotopic (exact) mass is 504 g/mol. The number of methoxy groups -OCH3 is 1. The number of nitrogens with zero attached hydrogens (tertiary/aromatic N) is 1. The van der Waals surface area contributed by atoms with Gasteiger partial charge < -0.3 is 20.1 Å². The second-order valence-electron chi connectivity index (χ2n) is 10.1. The molecule has 3 aliphatic rings. The number of likely N-dealkylation sites (tertiary alicyclic amines) is 1. The molecule has 6 nitrogen and oxygen atoms in total. The summed E-state index contributed by atoms with van der Waals surface area (Å²) in [5.74, 6) is 1.43. The maximum atomic E-state index is 12.1. The Bertz CT molecular complexity index is 745. The summed E-state index contributed by atoms with van der Waals surface area (Å²) in [6.07, 6.45) is 16.3. The Kier molecular flexibility index (Phi) is 12.3. The average Bonchev–Trinajstić information content (AvgIpc) is 3.39. The molecule has 0 bridgehead atoms. The van der Waals surface area contributed by atoms with Crippen molar-refractivity contribution in [1.29, 1.82) is 0 Å². The van der Waals surface area contributed by atoms with Crippen LogP contribution in [0.1, 0.15) is 89.0 Å². The minimum atomic E-state index is -0.892. The van der Waals surface area contributed by atoms with Crippen LogP contribution in [0.15, 0.2) is 24.3 Å². The smallest absolute Gasteiger partial charge is 0.326 e. The Balaban J connectivity index is 0.000000223. The van der Waals surface area contributed by atoms with Gasteiger partial charge in [0.25, 0.3) is 0 Å². The third kappa shape index (κ3) is 9.68. The predicted molar refractivity (Wildman–Crippen MR) is 143 cm³/mol. The minimum Gasteiger partial charge on any atom is -0.497 e. The molecular weight excluding hydrogens is 460 g/mol. The normalized spacial score (nSPS) is 21.3. The molecule has 1 atom stereocenters. The number of carbonyl (C=O) groups excluding carboxylic acids is 1. The van der Waals surface area contributed by atoms with Crippen molar-refractivity contribution >= 4 is 23.6 Å². The molecular formula is C28H44N2O4S. The fraction of sp³-hybridized carbons (Fsp3) is 0.714. The maximum absolute atomic E-state index is 12.1. The topological polar surface area (TPSA) is 78.9 Å². The van der Waals surface area contributed by atoms with Crippen LogP contribution in [0.3, 0.4) is 0 Å².